The average molecular weight is 464 g/mol. The standard InChI is InChI=1S/C24H18ClF2NO3.Na/c25-17-11-21(23(28-12-17)31-13-14-4-1-2-7-22(14)27)20-6-3-5-19(20)15-8-16(24(29)30)10-18(26)9-15;/h1-2,4,7-12H,3,5-6,13H2,(H,29,30);/q;+1/p-1. The number of allylic oxidation sites excluding steroid dienone is 2. The molecule has 0 spiro atoms. The SMILES string of the molecule is O=C([O-])c1cc(F)cc(C2=C(c3cc(Cl)cnc3OCc3ccccc3F)CCC2)c1.[Na+]. The Morgan fingerprint density at radius 3 is 2.59 bits per heavy atom. The number of halogens is 3. The average Bonchev–Trinajstić information content (AvgIpc) is 3.23. The van der Waals surface area contributed by atoms with Crippen LogP contribution in [0, 0.1) is 11.6 Å². The normalized spacial score (nSPS) is 13.1. The fourth-order valence-electron chi connectivity index (χ4n) is 3.76. The first kappa shape index (κ1) is 24.4. The molecule has 8 heteroatoms. The molecule has 158 valence electrons. The van der Waals surface area contributed by atoms with E-state index in [-0.39, 0.29) is 53.4 Å². The molecule has 0 bridgehead atoms. The number of hydrogen-bond donors (Lipinski definition) is 0. The van der Waals surface area contributed by atoms with E-state index in [1.165, 1.54) is 24.4 Å². The Hall–Kier alpha value is -2.25. The summed E-state index contributed by atoms with van der Waals surface area (Å²) in [6.07, 6.45) is 3.52. The minimum atomic E-state index is -1.45. The first-order valence-electron chi connectivity index (χ1n) is 9.69. The molecule has 3 aromatic rings. The van der Waals surface area contributed by atoms with Gasteiger partial charge < -0.3 is 14.6 Å². The summed E-state index contributed by atoms with van der Waals surface area (Å²) in [7, 11) is 0. The number of aromatic carboxylic acids is 1. The van der Waals surface area contributed by atoms with Crippen LogP contribution in [0.4, 0.5) is 8.78 Å². The first-order valence-corrected chi connectivity index (χ1v) is 10.1. The van der Waals surface area contributed by atoms with E-state index in [1.54, 1.807) is 24.3 Å². The van der Waals surface area contributed by atoms with Crippen molar-refractivity contribution in [2.75, 3.05) is 0 Å². The van der Waals surface area contributed by atoms with E-state index in [2.05, 4.69) is 4.98 Å². The van der Waals surface area contributed by atoms with Gasteiger partial charge in [0, 0.05) is 22.9 Å². The fourth-order valence-corrected chi connectivity index (χ4v) is 3.92. The maximum atomic E-state index is 14.1. The minimum absolute atomic E-state index is 0. The molecule has 0 N–H and O–H groups in total. The molecular weight excluding hydrogens is 447 g/mol. The van der Waals surface area contributed by atoms with Gasteiger partial charge in [-0.15, -0.1) is 0 Å². The van der Waals surface area contributed by atoms with Crippen LogP contribution < -0.4 is 39.4 Å². The molecule has 0 fully saturated rings. The quantitative estimate of drug-likeness (QED) is 0.525. The van der Waals surface area contributed by atoms with Crippen molar-refractivity contribution in [3.63, 3.8) is 0 Å². The van der Waals surface area contributed by atoms with Gasteiger partial charge in [0.25, 0.3) is 0 Å². The molecule has 0 unspecified atom stereocenters. The molecule has 1 heterocycles. The Morgan fingerprint density at radius 2 is 1.84 bits per heavy atom. The number of carboxylic acid groups (broad SMARTS) is 1. The summed E-state index contributed by atoms with van der Waals surface area (Å²) < 4.78 is 33.8. The third-order valence-electron chi connectivity index (χ3n) is 5.16. The van der Waals surface area contributed by atoms with Crippen molar-refractivity contribution in [2.24, 2.45) is 0 Å². The van der Waals surface area contributed by atoms with Crippen LogP contribution in [-0.2, 0) is 6.61 Å². The van der Waals surface area contributed by atoms with E-state index in [0.717, 1.165) is 23.6 Å². The molecule has 1 aliphatic carbocycles. The number of carbonyl (C=O) groups excluding carboxylic acids is 1. The number of ether oxygens (including phenoxy) is 1. The number of carboxylic acids is 1. The van der Waals surface area contributed by atoms with Crippen molar-refractivity contribution in [2.45, 2.75) is 25.9 Å². The van der Waals surface area contributed by atoms with Gasteiger partial charge in [0.15, 0.2) is 0 Å². The van der Waals surface area contributed by atoms with Crippen LogP contribution >= 0.6 is 11.6 Å². The summed E-state index contributed by atoms with van der Waals surface area (Å²) >= 11 is 6.18. The summed E-state index contributed by atoms with van der Waals surface area (Å²) in [6, 6.07) is 11.6. The fraction of sp³-hybridized carbons (Fsp3) is 0.167. The molecule has 0 saturated heterocycles. The zero-order valence-corrected chi connectivity index (χ0v) is 20.1. The topological polar surface area (TPSA) is 62.2 Å². The Bertz CT molecular complexity index is 1200. The van der Waals surface area contributed by atoms with Crippen molar-refractivity contribution < 1.29 is 53.0 Å². The number of benzene rings is 2. The Morgan fingerprint density at radius 1 is 1.09 bits per heavy atom. The monoisotopic (exact) mass is 463 g/mol. The number of nitrogens with zero attached hydrogens (tertiary/aromatic N) is 1. The molecule has 0 amide bonds. The molecule has 32 heavy (non-hydrogen) atoms. The van der Waals surface area contributed by atoms with Gasteiger partial charge >= 0.3 is 29.6 Å². The maximum absolute atomic E-state index is 14.1. The number of carbonyl (C=O) groups is 1. The van der Waals surface area contributed by atoms with Gasteiger partial charge in [-0.3, -0.25) is 0 Å². The van der Waals surface area contributed by atoms with E-state index in [4.69, 9.17) is 16.3 Å². The molecule has 1 aromatic heterocycles. The molecule has 0 saturated carbocycles. The predicted molar refractivity (Wildman–Crippen MR) is 111 cm³/mol. The number of aromatic nitrogens is 1. The second-order valence-electron chi connectivity index (χ2n) is 7.21. The molecule has 0 aliphatic heterocycles. The third kappa shape index (κ3) is 5.38. The molecule has 0 atom stereocenters. The van der Waals surface area contributed by atoms with Crippen molar-refractivity contribution in [3.05, 3.63) is 93.6 Å². The maximum Gasteiger partial charge on any atom is 1.00 e. The second kappa shape index (κ2) is 10.6. The van der Waals surface area contributed by atoms with Gasteiger partial charge in [-0.25, -0.2) is 13.8 Å². The molecule has 4 rings (SSSR count). The van der Waals surface area contributed by atoms with Gasteiger partial charge in [0.2, 0.25) is 5.88 Å². The van der Waals surface area contributed by atoms with Gasteiger partial charge in [-0.1, -0.05) is 29.8 Å². The van der Waals surface area contributed by atoms with Crippen molar-refractivity contribution >= 4 is 28.7 Å². The smallest absolute Gasteiger partial charge is 0.545 e. The number of pyridine rings is 1. The van der Waals surface area contributed by atoms with Gasteiger partial charge in [0.1, 0.15) is 18.2 Å². The zero-order valence-electron chi connectivity index (χ0n) is 17.3. The van der Waals surface area contributed by atoms with Gasteiger partial charge in [-0.2, -0.15) is 0 Å². The van der Waals surface area contributed by atoms with Crippen molar-refractivity contribution in [1.29, 1.82) is 0 Å². The van der Waals surface area contributed by atoms with Crippen LogP contribution in [-0.4, -0.2) is 11.0 Å². The van der Waals surface area contributed by atoms with Crippen LogP contribution in [0.15, 0.2) is 54.7 Å². The van der Waals surface area contributed by atoms with Crippen LogP contribution in [0.1, 0.15) is 46.3 Å². The second-order valence-corrected chi connectivity index (χ2v) is 7.65. The van der Waals surface area contributed by atoms with E-state index < -0.39 is 11.8 Å². The van der Waals surface area contributed by atoms with Gasteiger partial charge in [-0.05, 0) is 66.3 Å². The summed E-state index contributed by atoms with van der Waals surface area (Å²) in [5, 5.41) is 11.6. The zero-order chi connectivity index (χ0) is 22.0. The predicted octanol–water partition coefficient (Wildman–Crippen LogP) is 2.05. The largest absolute Gasteiger partial charge is 1.00 e. The molecule has 4 nitrogen and oxygen atoms in total. The number of rotatable bonds is 6. The third-order valence-corrected chi connectivity index (χ3v) is 5.37. The summed E-state index contributed by atoms with van der Waals surface area (Å²) in [5.74, 6) is -2.21. The molecular formula is C24H17ClF2NNaO3. The van der Waals surface area contributed by atoms with Crippen LogP contribution in [0.3, 0.4) is 0 Å². The van der Waals surface area contributed by atoms with Crippen LogP contribution in [0.5, 0.6) is 5.88 Å². The Labute approximate surface area is 211 Å². The summed E-state index contributed by atoms with van der Waals surface area (Å²) in [6.45, 7) is -0.0221. The minimum Gasteiger partial charge on any atom is -0.545 e. The first-order chi connectivity index (χ1) is 14.9. The van der Waals surface area contributed by atoms with Crippen molar-refractivity contribution in [3.8, 4) is 5.88 Å². The van der Waals surface area contributed by atoms with Crippen molar-refractivity contribution in [1.82, 2.24) is 4.98 Å². The van der Waals surface area contributed by atoms with E-state index >= 15 is 0 Å². The van der Waals surface area contributed by atoms with E-state index in [0.29, 0.717) is 34.6 Å². The molecule has 2 aromatic carbocycles. The summed E-state index contributed by atoms with van der Waals surface area (Å²) in [5.41, 5.74) is 2.88. The molecule has 1 aliphatic rings. The Kier molecular flexibility index (Phi) is 8.06. The Balaban J connectivity index is 0.00000289. The van der Waals surface area contributed by atoms with Gasteiger partial charge in [0.05, 0.1) is 11.0 Å². The summed E-state index contributed by atoms with van der Waals surface area (Å²) in [4.78, 5) is 15.5. The van der Waals surface area contributed by atoms with Crippen LogP contribution in [0.25, 0.3) is 11.1 Å². The van der Waals surface area contributed by atoms with E-state index in [9.17, 15) is 18.7 Å². The van der Waals surface area contributed by atoms with Crippen LogP contribution in [0.2, 0.25) is 5.02 Å². The van der Waals surface area contributed by atoms with E-state index in [1.807, 2.05) is 0 Å². The molecule has 0 radical (unpaired) electrons. The number of hydrogen-bond acceptors (Lipinski definition) is 4.